The van der Waals surface area contributed by atoms with Crippen LogP contribution in [0.15, 0.2) is 41.4 Å². The first-order valence-corrected chi connectivity index (χ1v) is 9.22. The molecule has 0 bridgehead atoms. The van der Waals surface area contributed by atoms with Gasteiger partial charge in [-0.05, 0) is 30.4 Å². The quantitative estimate of drug-likeness (QED) is 0.512. The molecule has 1 N–H and O–H groups in total. The van der Waals surface area contributed by atoms with Crippen molar-refractivity contribution in [3.8, 4) is 0 Å². The second kappa shape index (κ2) is 8.34. The minimum absolute atomic E-state index is 0.667. The van der Waals surface area contributed by atoms with Crippen molar-refractivity contribution in [3.05, 3.63) is 47.5 Å². The molecule has 130 valence electrons. The third-order valence-electron chi connectivity index (χ3n) is 5.17. The third-order valence-corrected chi connectivity index (χ3v) is 5.17. The number of likely N-dealkylation sites (tertiary alicyclic amines) is 1. The first-order valence-electron chi connectivity index (χ1n) is 9.22. The second-order valence-corrected chi connectivity index (χ2v) is 6.71. The molecule has 4 heteroatoms. The Bertz CT molecular complexity index is 568. The molecule has 0 aliphatic carbocycles. The molecule has 2 aliphatic heterocycles. The lowest BCUT2D eigenvalue weighted by molar-refractivity contribution is 0.259. The standard InChI is InChI=1S/C20H30N4/c1-3-17-6-8-18(9-7-17)10-12-22-20(21-2)24-15-11-19(16-24)23-13-4-5-14-23/h4-9,19H,3,10-16H2,1-2H3,(H,21,22). The zero-order valence-corrected chi connectivity index (χ0v) is 15.0. The summed E-state index contributed by atoms with van der Waals surface area (Å²) in [6.07, 6.45) is 7.93. The monoisotopic (exact) mass is 326 g/mol. The molecule has 3 rings (SSSR count). The van der Waals surface area contributed by atoms with E-state index in [1.807, 2.05) is 7.05 Å². The van der Waals surface area contributed by atoms with Gasteiger partial charge in [0.05, 0.1) is 0 Å². The smallest absolute Gasteiger partial charge is 0.193 e. The summed E-state index contributed by atoms with van der Waals surface area (Å²) in [7, 11) is 1.89. The minimum Gasteiger partial charge on any atom is -0.356 e. The van der Waals surface area contributed by atoms with Crippen LogP contribution in [0.2, 0.25) is 0 Å². The first kappa shape index (κ1) is 17.0. The van der Waals surface area contributed by atoms with Gasteiger partial charge in [0.1, 0.15) is 0 Å². The largest absolute Gasteiger partial charge is 0.356 e. The van der Waals surface area contributed by atoms with E-state index >= 15 is 0 Å². The highest BCUT2D eigenvalue weighted by atomic mass is 15.3. The number of hydrogen-bond acceptors (Lipinski definition) is 2. The van der Waals surface area contributed by atoms with E-state index in [4.69, 9.17) is 0 Å². The van der Waals surface area contributed by atoms with Gasteiger partial charge in [0, 0.05) is 45.8 Å². The average Bonchev–Trinajstić information content (AvgIpc) is 3.30. The summed E-state index contributed by atoms with van der Waals surface area (Å²) in [6, 6.07) is 9.63. The van der Waals surface area contributed by atoms with Crippen molar-refractivity contribution in [2.24, 2.45) is 4.99 Å². The van der Waals surface area contributed by atoms with Crippen molar-refractivity contribution < 1.29 is 0 Å². The number of guanidine groups is 1. The summed E-state index contributed by atoms with van der Waals surface area (Å²) in [5, 5.41) is 3.54. The Labute approximate surface area is 146 Å². The van der Waals surface area contributed by atoms with Crippen LogP contribution in [0.25, 0.3) is 0 Å². The van der Waals surface area contributed by atoms with Crippen LogP contribution in [0, 0.1) is 0 Å². The molecule has 0 saturated carbocycles. The van der Waals surface area contributed by atoms with Crippen molar-refractivity contribution in [1.29, 1.82) is 0 Å². The number of aliphatic imine (C=N–C) groups is 1. The SMILES string of the molecule is CCc1ccc(CCNC(=NC)N2CCC(N3CC=CC3)C2)cc1. The zero-order valence-electron chi connectivity index (χ0n) is 15.0. The van der Waals surface area contributed by atoms with E-state index in [2.05, 4.69) is 63.5 Å². The lowest BCUT2D eigenvalue weighted by Crippen LogP contribution is -2.43. The molecular weight excluding hydrogens is 296 g/mol. The van der Waals surface area contributed by atoms with E-state index in [1.165, 1.54) is 17.5 Å². The van der Waals surface area contributed by atoms with Gasteiger partial charge in [-0.15, -0.1) is 0 Å². The highest BCUT2D eigenvalue weighted by molar-refractivity contribution is 5.80. The molecule has 2 heterocycles. The molecule has 1 aromatic carbocycles. The number of rotatable bonds is 5. The highest BCUT2D eigenvalue weighted by Gasteiger charge is 2.29. The normalized spacial score (nSPS) is 21.7. The Morgan fingerprint density at radius 3 is 2.54 bits per heavy atom. The molecule has 1 aromatic rings. The van der Waals surface area contributed by atoms with Gasteiger partial charge < -0.3 is 10.2 Å². The van der Waals surface area contributed by atoms with E-state index < -0.39 is 0 Å². The Morgan fingerprint density at radius 2 is 1.88 bits per heavy atom. The van der Waals surface area contributed by atoms with E-state index in [9.17, 15) is 0 Å². The predicted octanol–water partition coefficient (Wildman–Crippen LogP) is 2.31. The first-order chi connectivity index (χ1) is 11.8. The van der Waals surface area contributed by atoms with E-state index in [1.54, 1.807) is 0 Å². The fourth-order valence-electron chi connectivity index (χ4n) is 3.62. The van der Waals surface area contributed by atoms with Crippen LogP contribution < -0.4 is 5.32 Å². The molecule has 1 fully saturated rings. The molecule has 1 unspecified atom stereocenters. The van der Waals surface area contributed by atoms with Gasteiger partial charge in [-0.2, -0.15) is 0 Å². The third kappa shape index (κ3) is 4.18. The molecule has 4 nitrogen and oxygen atoms in total. The second-order valence-electron chi connectivity index (χ2n) is 6.71. The summed E-state index contributed by atoms with van der Waals surface area (Å²) >= 11 is 0. The van der Waals surface area contributed by atoms with Crippen LogP contribution in [0.3, 0.4) is 0 Å². The van der Waals surface area contributed by atoms with Crippen molar-refractivity contribution in [1.82, 2.24) is 15.1 Å². The molecular formula is C20H30N4. The number of aryl methyl sites for hydroxylation is 1. The van der Waals surface area contributed by atoms with Gasteiger partial charge in [-0.1, -0.05) is 43.3 Å². The molecule has 24 heavy (non-hydrogen) atoms. The van der Waals surface area contributed by atoms with E-state index in [0.717, 1.165) is 51.5 Å². The lowest BCUT2D eigenvalue weighted by Gasteiger charge is -2.25. The van der Waals surface area contributed by atoms with E-state index in [-0.39, 0.29) is 0 Å². The van der Waals surface area contributed by atoms with Crippen molar-refractivity contribution >= 4 is 5.96 Å². The minimum atomic E-state index is 0.667. The molecule has 0 spiro atoms. The van der Waals surface area contributed by atoms with Gasteiger partial charge in [0.15, 0.2) is 5.96 Å². The van der Waals surface area contributed by atoms with E-state index in [0.29, 0.717) is 6.04 Å². The Hall–Kier alpha value is -1.81. The van der Waals surface area contributed by atoms with Gasteiger partial charge in [-0.25, -0.2) is 0 Å². The lowest BCUT2D eigenvalue weighted by atomic mass is 10.1. The molecule has 2 aliphatic rings. The summed E-state index contributed by atoms with van der Waals surface area (Å²) in [5.74, 6) is 1.05. The maximum Gasteiger partial charge on any atom is 0.193 e. The fraction of sp³-hybridized carbons (Fsp3) is 0.550. The Balaban J connectivity index is 1.45. The molecule has 0 amide bonds. The van der Waals surface area contributed by atoms with Gasteiger partial charge in [0.25, 0.3) is 0 Å². The molecule has 1 atom stereocenters. The topological polar surface area (TPSA) is 30.9 Å². The van der Waals surface area contributed by atoms with Gasteiger partial charge >= 0.3 is 0 Å². The Morgan fingerprint density at radius 1 is 1.17 bits per heavy atom. The number of nitrogens with one attached hydrogen (secondary N) is 1. The highest BCUT2D eigenvalue weighted by Crippen LogP contribution is 2.17. The maximum absolute atomic E-state index is 4.49. The fourth-order valence-corrected chi connectivity index (χ4v) is 3.62. The molecule has 0 radical (unpaired) electrons. The van der Waals surface area contributed by atoms with Gasteiger partial charge in [0.2, 0.25) is 0 Å². The summed E-state index contributed by atoms with van der Waals surface area (Å²) < 4.78 is 0. The van der Waals surface area contributed by atoms with Crippen LogP contribution in [0.5, 0.6) is 0 Å². The maximum atomic E-state index is 4.49. The summed E-state index contributed by atoms with van der Waals surface area (Å²) in [4.78, 5) is 9.45. The van der Waals surface area contributed by atoms with Crippen LogP contribution in [0.4, 0.5) is 0 Å². The summed E-state index contributed by atoms with van der Waals surface area (Å²) in [6.45, 7) is 7.54. The number of nitrogens with zero attached hydrogens (tertiary/aromatic N) is 3. The number of benzene rings is 1. The Kier molecular flexibility index (Phi) is 5.91. The molecule has 1 saturated heterocycles. The predicted molar refractivity (Wildman–Crippen MR) is 102 cm³/mol. The van der Waals surface area contributed by atoms with Gasteiger partial charge in [-0.3, -0.25) is 9.89 Å². The summed E-state index contributed by atoms with van der Waals surface area (Å²) in [5.41, 5.74) is 2.79. The van der Waals surface area contributed by atoms with Crippen LogP contribution in [0.1, 0.15) is 24.5 Å². The van der Waals surface area contributed by atoms with Crippen LogP contribution in [-0.4, -0.2) is 61.6 Å². The number of hydrogen-bond donors (Lipinski definition) is 1. The van der Waals surface area contributed by atoms with Crippen molar-refractivity contribution in [3.63, 3.8) is 0 Å². The molecule has 0 aromatic heterocycles. The van der Waals surface area contributed by atoms with Crippen molar-refractivity contribution in [2.45, 2.75) is 32.2 Å². The van der Waals surface area contributed by atoms with Crippen molar-refractivity contribution in [2.75, 3.05) is 39.8 Å². The average molecular weight is 326 g/mol. The van der Waals surface area contributed by atoms with Crippen LogP contribution >= 0.6 is 0 Å². The zero-order chi connectivity index (χ0) is 16.8. The van der Waals surface area contributed by atoms with Crippen LogP contribution in [-0.2, 0) is 12.8 Å².